The van der Waals surface area contributed by atoms with Gasteiger partial charge in [-0.3, -0.25) is 4.79 Å². The van der Waals surface area contributed by atoms with E-state index in [1.165, 1.54) is 0 Å². The van der Waals surface area contributed by atoms with Gasteiger partial charge in [-0.1, -0.05) is 15.9 Å². The minimum atomic E-state index is -0.264. The summed E-state index contributed by atoms with van der Waals surface area (Å²) in [4.78, 5) is 11.9. The molecule has 0 aliphatic heterocycles. The van der Waals surface area contributed by atoms with Crippen molar-refractivity contribution in [2.75, 3.05) is 13.7 Å². The third-order valence-electron chi connectivity index (χ3n) is 2.87. The Balaban J connectivity index is 1.88. The van der Waals surface area contributed by atoms with E-state index in [4.69, 9.17) is 13.9 Å². The quantitative estimate of drug-likeness (QED) is 0.814. The predicted molar refractivity (Wildman–Crippen MR) is 86.0 cm³/mol. The molecule has 1 aromatic carbocycles. The Morgan fingerprint density at radius 2 is 2.00 bits per heavy atom. The van der Waals surface area contributed by atoms with E-state index in [0.717, 1.165) is 10.2 Å². The van der Waals surface area contributed by atoms with Crippen molar-refractivity contribution in [1.29, 1.82) is 0 Å². The van der Waals surface area contributed by atoms with Crippen molar-refractivity contribution in [1.82, 2.24) is 5.32 Å². The number of rotatable bonds is 7. The Bertz CT molecular complexity index is 609. The van der Waals surface area contributed by atoms with Gasteiger partial charge in [0.25, 0.3) is 5.91 Å². The van der Waals surface area contributed by atoms with Gasteiger partial charge in [-0.25, -0.2) is 0 Å². The smallest absolute Gasteiger partial charge is 0.287 e. The third-order valence-corrected chi connectivity index (χ3v) is 3.40. The van der Waals surface area contributed by atoms with Crippen LogP contribution in [0.2, 0.25) is 0 Å². The lowest BCUT2D eigenvalue weighted by atomic mass is 10.3. The Morgan fingerprint density at radius 1 is 1.27 bits per heavy atom. The minimum Gasteiger partial charge on any atom is -0.486 e. The fraction of sp³-hybridized carbons (Fsp3) is 0.312. The van der Waals surface area contributed by atoms with E-state index in [0.29, 0.717) is 12.4 Å². The summed E-state index contributed by atoms with van der Waals surface area (Å²) >= 11 is 3.36. The van der Waals surface area contributed by atoms with Crippen LogP contribution in [0.25, 0.3) is 0 Å². The number of halogens is 1. The fourth-order valence-electron chi connectivity index (χ4n) is 1.85. The predicted octanol–water partition coefficient (Wildman–Crippen LogP) is 3.39. The highest BCUT2D eigenvalue weighted by atomic mass is 79.9. The van der Waals surface area contributed by atoms with Crippen molar-refractivity contribution in [3.05, 3.63) is 52.4 Å². The van der Waals surface area contributed by atoms with Crippen LogP contribution in [0.15, 0.2) is 45.3 Å². The van der Waals surface area contributed by atoms with Crippen LogP contribution in [-0.4, -0.2) is 25.7 Å². The highest BCUT2D eigenvalue weighted by Crippen LogP contribution is 2.18. The first kappa shape index (κ1) is 16.6. The lowest BCUT2D eigenvalue weighted by Crippen LogP contribution is -2.35. The van der Waals surface area contributed by atoms with Gasteiger partial charge in [-0.2, -0.15) is 0 Å². The molecular formula is C16H18BrNO4. The molecule has 0 bridgehead atoms. The molecule has 1 heterocycles. The van der Waals surface area contributed by atoms with Crippen LogP contribution in [0.1, 0.15) is 23.2 Å². The monoisotopic (exact) mass is 367 g/mol. The largest absolute Gasteiger partial charge is 0.486 e. The maximum absolute atomic E-state index is 11.9. The van der Waals surface area contributed by atoms with E-state index in [1.807, 2.05) is 31.2 Å². The van der Waals surface area contributed by atoms with Gasteiger partial charge in [0.1, 0.15) is 18.1 Å². The van der Waals surface area contributed by atoms with Gasteiger partial charge in [0.2, 0.25) is 0 Å². The maximum atomic E-state index is 11.9. The molecule has 0 fully saturated rings. The number of amides is 1. The highest BCUT2D eigenvalue weighted by molar-refractivity contribution is 9.10. The van der Waals surface area contributed by atoms with E-state index in [-0.39, 0.29) is 24.3 Å². The molecule has 2 aromatic rings. The van der Waals surface area contributed by atoms with Gasteiger partial charge in [0.15, 0.2) is 5.76 Å². The second-order valence-electron chi connectivity index (χ2n) is 4.84. The van der Waals surface area contributed by atoms with Crippen LogP contribution >= 0.6 is 15.9 Å². The Morgan fingerprint density at radius 3 is 2.68 bits per heavy atom. The van der Waals surface area contributed by atoms with Crippen LogP contribution in [0, 0.1) is 0 Å². The lowest BCUT2D eigenvalue weighted by Gasteiger charge is -2.11. The summed E-state index contributed by atoms with van der Waals surface area (Å²) in [6.07, 6.45) is 0. The maximum Gasteiger partial charge on any atom is 0.287 e. The number of carbonyl (C=O) groups is 1. The van der Waals surface area contributed by atoms with Gasteiger partial charge in [0.05, 0.1) is 6.61 Å². The highest BCUT2D eigenvalue weighted by Gasteiger charge is 2.14. The molecule has 5 nitrogen and oxygen atoms in total. The van der Waals surface area contributed by atoms with Crippen LogP contribution in [0.5, 0.6) is 5.75 Å². The number of methoxy groups -OCH3 is 1. The second kappa shape index (κ2) is 8.00. The van der Waals surface area contributed by atoms with Gasteiger partial charge >= 0.3 is 0 Å². The normalized spacial score (nSPS) is 12.0. The number of furan rings is 1. The van der Waals surface area contributed by atoms with Gasteiger partial charge in [-0.05, 0) is 43.3 Å². The summed E-state index contributed by atoms with van der Waals surface area (Å²) in [7, 11) is 1.59. The van der Waals surface area contributed by atoms with Crippen molar-refractivity contribution < 1.29 is 18.7 Å². The van der Waals surface area contributed by atoms with Crippen LogP contribution < -0.4 is 10.1 Å². The molecule has 1 amide bonds. The van der Waals surface area contributed by atoms with E-state index < -0.39 is 0 Å². The molecule has 0 spiro atoms. The molecule has 0 aliphatic carbocycles. The molecule has 0 radical (unpaired) electrons. The molecule has 1 aromatic heterocycles. The minimum absolute atomic E-state index is 0.0786. The summed E-state index contributed by atoms with van der Waals surface area (Å²) in [5.74, 6) is 1.32. The van der Waals surface area contributed by atoms with Crippen molar-refractivity contribution in [2.45, 2.75) is 19.6 Å². The first-order chi connectivity index (χ1) is 10.6. The number of benzene rings is 1. The first-order valence-corrected chi connectivity index (χ1v) is 7.64. The zero-order valence-corrected chi connectivity index (χ0v) is 14.1. The molecule has 1 unspecified atom stereocenters. The topological polar surface area (TPSA) is 60.7 Å². The summed E-state index contributed by atoms with van der Waals surface area (Å²) < 4.78 is 17.0. The van der Waals surface area contributed by atoms with Crippen LogP contribution in [0.4, 0.5) is 0 Å². The van der Waals surface area contributed by atoms with Gasteiger partial charge < -0.3 is 19.2 Å². The van der Waals surface area contributed by atoms with E-state index >= 15 is 0 Å². The second-order valence-corrected chi connectivity index (χ2v) is 5.75. The number of nitrogens with one attached hydrogen (secondary N) is 1. The molecule has 0 aliphatic rings. The summed E-state index contributed by atoms with van der Waals surface area (Å²) in [5, 5.41) is 2.79. The number of ether oxygens (including phenoxy) is 2. The zero-order chi connectivity index (χ0) is 15.9. The fourth-order valence-corrected chi connectivity index (χ4v) is 2.11. The SMILES string of the molecule is COCC(C)NC(=O)c1ccc(COc2ccc(Br)cc2)o1. The molecule has 1 atom stereocenters. The van der Waals surface area contributed by atoms with Crippen molar-refractivity contribution >= 4 is 21.8 Å². The molecule has 0 saturated heterocycles. The Hall–Kier alpha value is -1.79. The van der Waals surface area contributed by atoms with E-state index in [1.54, 1.807) is 19.2 Å². The first-order valence-electron chi connectivity index (χ1n) is 6.85. The van der Waals surface area contributed by atoms with Crippen molar-refractivity contribution in [2.24, 2.45) is 0 Å². The average molecular weight is 368 g/mol. The molecule has 118 valence electrons. The van der Waals surface area contributed by atoms with Crippen molar-refractivity contribution in [3.8, 4) is 5.75 Å². The van der Waals surface area contributed by atoms with Gasteiger partial charge in [-0.15, -0.1) is 0 Å². The van der Waals surface area contributed by atoms with E-state index in [2.05, 4.69) is 21.2 Å². The summed E-state index contributed by atoms with van der Waals surface area (Å²) in [5.41, 5.74) is 0. The Labute approximate surface area is 137 Å². The molecule has 0 saturated carbocycles. The summed E-state index contributed by atoms with van der Waals surface area (Å²) in [6.45, 7) is 2.58. The lowest BCUT2D eigenvalue weighted by molar-refractivity contribution is 0.0874. The summed E-state index contributed by atoms with van der Waals surface area (Å²) in [6, 6.07) is 10.8. The van der Waals surface area contributed by atoms with Gasteiger partial charge in [0, 0.05) is 17.6 Å². The molecule has 6 heteroatoms. The molecular weight excluding hydrogens is 350 g/mol. The molecule has 2 rings (SSSR count). The average Bonchev–Trinajstić information content (AvgIpc) is 2.96. The zero-order valence-electron chi connectivity index (χ0n) is 12.5. The van der Waals surface area contributed by atoms with Crippen LogP contribution in [0.3, 0.4) is 0 Å². The molecule has 22 heavy (non-hydrogen) atoms. The van der Waals surface area contributed by atoms with E-state index in [9.17, 15) is 4.79 Å². The van der Waals surface area contributed by atoms with Crippen LogP contribution in [-0.2, 0) is 11.3 Å². The number of hydrogen-bond acceptors (Lipinski definition) is 4. The Kier molecular flexibility index (Phi) is 6.03. The van der Waals surface area contributed by atoms with Crippen molar-refractivity contribution in [3.63, 3.8) is 0 Å². The third kappa shape index (κ3) is 4.89. The molecule has 1 N–H and O–H groups in total. The standard InChI is InChI=1S/C16H18BrNO4/c1-11(9-20-2)18-16(19)15-8-7-14(22-15)10-21-13-5-3-12(17)4-6-13/h3-8,11H,9-10H2,1-2H3,(H,18,19). The number of hydrogen-bond donors (Lipinski definition) is 1. The number of carbonyl (C=O) groups excluding carboxylic acids is 1.